The van der Waals surface area contributed by atoms with Gasteiger partial charge in [-0.15, -0.1) is 0 Å². The molecule has 0 atom stereocenters. The maximum Gasteiger partial charge on any atom is 0.407 e. The van der Waals surface area contributed by atoms with Gasteiger partial charge in [0.1, 0.15) is 0 Å². The molecule has 20 heavy (non-hydrogen) atoms. The Hall–Kier alpha value is -2.11. The molecule has 6 heteroatoms. The molecular formula is C14H16FNO4. The Kier molecular flexibility index (Phi) is 4.22. The first-order valence-electron chi connectivity index (χ1n) is 6.39. The van der Waals surface area contributed by atoms with Crippen molar-refractivity contribution in [3.63, 3.8) is 0 Å². The third-order valence-electron chi connectivity index (χ3n) is 3.58. The van der Waals surface area contributed by atoms with Crippen LogP contribution in [0.5, 0.6) is 5.75 Å². The van der Waals surface area contributed by atoms with Gasteiger partial charge in [0.2, 0.25) is 0 Å². The number of carboxylic acid groups (broad SMARTS) is 1. The first-order valence-corrected chi connectivity index (χ1v) is 6.39. The molecule has 2 rings (SSSR count). The fourth-order valence-corrected chi connectivity index (χ4v) is 2.41. The van der Waals surface area contributed by atoms with Crippen LogP contribution in [-0.2, 0) is 0 Å². The quantitative estimate of drug-likeness (QED) is 0.864. The SMILES string of the molecule is COc1cccc(C(=O)C2CCN(C(=O)O)CC2)c1F. The molecule has 0 radical (unpaired) electrons. The number of rotatable bonds is 3. The van der Waals surface area contributed by atoms with Crippen LogP contribution in [0.15, 0.2) is 18.2 Å². The standard InChI is InChI=1S/C14H16FNO4/c1-20-11-4-2-3-10(12(11)15)13(17)9-5-7-16(8-6-9)14(18)19/h2-4,9H,5-8H2,1H3,(H,18,19). The zero-order valence-electron chi connectivity index (χ0n) is 11.1. The second-order valence-corrected chi connectivity index (χ2v) is 4.73. The Morgan fingerprint density at radius 3 is 2.55 bits per heavy atom. The van der Waals surface area contributed by atoms with Gasteiger partial charge in [0.05, 0.1) is 12.7 Å². The van der Waals surface area contributed by atoms with E-state index in [1.54, 1.807) is 6.07 Å². The van der Waals surface area contributed by atoms with Gasteiger partial charge in [0.15, 0.2) is 17.3 Å². The fourth-order valence-electron chi connectivity index (χ4n) is 2.41. The lowest BCUT2D eigenvalue weighted by Crippen LogP contribution is -2.39. The van der Waals surface area contributed by atoms with Gasteiger partial charge in [-0.3, -0.25) is 4.79 Å². The highest BCUT2D eigenvalue weighted by Gasteiger charge is 2.29. The molecule has 5 nitrogen and oxygen atoms in total. The van der Waals surface area contributed by atoms with E-state index in [4.69, 9.17) is 9.84 Å². The van der Waals surface area contributed by atoms with Crippen molar-refractivity contribution in [2.45, 2.75) is 12.8 Å². The van der Waals surface area contributed by atoms with Crippen LogP contribution >= 0.6 is 0 Å². The van der Waals surface area contributed by atoms with Crippen molar-refractivity contribution in [1.29, 1.82) is 0 Å². The van der Waals surface area contributed by atoms with Crippen LogP contribution in [-0.4, -0.2) is 42.1 Å². The molecule has 1 aromatic carbocycles. The van der Waals surface area contributed by atoms with Crippen LogP contribution < -0.4 is 4.74 Å². The van der Waals surface area contributed by atoms with E-state index in [9.17, 15) is 14.0 Å². The van der Waals surface area contributed by atoms with Crippen LogP contribution in [0.1, 0.15) is 23.2 Å². The highest BCUT2D eigenvalue weighted by atomic mass is 19.1. The molecule has 1 aliphatic heterocycles. The molecule has 1 N–H and O–H groups in total. The van der Waals surface area contributed by atoms with E-state index in [2.05, 4.69) is 0 Å². The Balaban J connectivity index is 2.11. The number of methoxy groups -OCH3 is 1. The third-order valence-corrected chi connectivity index (χ3v) is 3.58. The molecule has 1 amide bonds. The second-order valence-electron chi connectivity index (χ2n) is 4.73. The lowest BCUT2D eigenvalue weighted by Gasteiger charge is -2.29. The number of nitrogens with zero attached hydrogens (tertiary/aromatic N) is 1. The molecule has 1 fully saturated rings. The van der Waals surface area contributed by atoms with Gasteiger partial charge < -0.3 is 14.7 Å². The van der Waals surface area contributed by atoms with E-state index in [1.807, 2.05) is 0 Å². The van der Waals surface area contributed by atoms with E-state index in [1.165, 1.54) is 24.1 Å². The minimum absolute atomic E-state index is 0.0122. The molecule has 1 heterocycles. The van der Waals surface area contributed by atoms with Crippen molar-refractivity contribution < 1.29 is 23.8 Å². The number of ether oxygens (including phenoxy) is 1. The third kappa shape index (κ3) is 2.74. The number of carbonyl (C=O) groups excluding carboxylic acids is 1. The number of carbonyl (C=O) groups is 2. The van der Waals surface area contributed by atoms with Crippen molar-refractivity contribution in [3.05, 3.63) is 29.6 Å². The number of hydrogen-bond acceptors (Lipinski definition) is 3. The zero-order chi connectivity index (χ0) is 14.7. The molecule has 108 valence electrons. The average Bonchev–Trinajstić information content (AvgIpc) is 2.47. The summed E-state index contributed by atoms with van der Waals surface area (Å²) in [6.07, 6.45) is -0.146. The topological polar surface area (TPSA) is 66.8 Å². The number of amides is 1. The van der Waals surface area contributed by atoms with Crippen molar-refractivity contribution >= 4 is 11.9 Å². The molecule has 0 saturated carbocycles. The summed E-state index contributed by atoms with van der Waals surface area (Å²) in [7, 11) is 1.35. The van der Waals surface area contributed by atoms with Gasteiger partial charge in [0, 0.05) is 19.0 Å². The van der Waals surface area contributed by atoms with Crippen LogP contribution in [0.25, 0.3) is 0 Å². The Morgan fingerprint density at radius 2 is 2.00 bits per heavy atom. The Bertz CT molecular complexity index is 524. The summed E-state index contributed by atoms with van der Waals surface area (Å²) in [5.41, 5.74) is 0.0122. The normalized spacial score (nSPS) is 16.0. The maximum atomic E-state index is 14.0. The maximum absolute atomic E-state index is 14.0. The number of ketones is 1. The van der Waals surface area contributed by atoms with Crippen LogP contribution in [0.2, 0.25) is 0 Å². The van der Waals surface area contributed by atoms with E-state index < -0.39 is 11.9 Å². The summed E-state index contributed by atoms with van der Waals surface area (Å²) in [6, 6.07) is 4.46. The van der Waals surface area contributed by atoms with Gasteiger partial charge in [-0.1, -0.05) is 6.07 Å². The lowest BCUT2D eigenvalue weighted by atomic mass is 9.88. The first kappa shape index (κ1) is 14.3. The van der Waals surface area contributed by atoms with E-state index >= 15 is 0 Å². The predicted octanol–water partition coefficient (Wildman–Crippen LogP) is 2.41. The van der Waals surface area contributed by atoms with Crippen molar-refractivity contribution in [2.75, 3.05) is 20.2 Å². The number of halogens is 1. The largest absolute Gasteiger partial charge is 0.494 e. The minimum Gasteiger partial charge on any atom is -0.494 e. The summed E-state index contributed by atoms with van der Waals surface area (Å²) in [5.74, 6) is -1.24. The number of benzene rings is 1. The fraction of sp³-hybridized carbons (Fsp3) is 0.429. The predicted molar refractivity (Wildman–Crippen MR) is 69.6 cm³/mol. The first-order chi connectivity index (χ1) is 9.54. The molecule has 0 aliphatic carbocycles. The highest BCUT2D eigenvalue weighted by Crippen LogP contribution is 2.26. The van der Waals surface area contributed by atoms with Crippen molar-refractivity contribution in [3.8, 4) is 5.75 Å². The van der Waals surface area contributed by atoms with Crippen LogP contribution in [0.3, 0.4) is 0 Å². The van der Waals surface area contributed by atoms with Gasteiger partial charge in [-0.05, 0) is 25.0 Å². The van der Waals surface area contributed by atoms with E-state index in [0.717, 1.165) is 0 Å². The van der Waals surface area contributed by atoms with Crippen LogP contribution in [0, 0.1) is 11.7 Å². The number of likely N-dealkylation sites (tertiary alicyclic amines) is 1. The molecule has 1 saturated heterocycles. The summed E-state index contributed by atoms with van der Waals surface area (Å²) in [5, 5.41) is 8.86. The van der Waals surface area contributed by atoms with Gasteiger partial charge >= 0.3 is 6.09 Å². The average molecular weight is 281 g/mol. The number of piperidine rings is 1. The zero-order valence-corrected chi connectivity index (χ0v) is 11.1. The van der Waals surface area contributed by atoms with Gasteiger partial charge in [-0.25, -0.2) is 9.18 Å². The summed E-state index contributed by atoms with van der Waals surface area (Å²) < 4.78 is 18.9. The molecule has 1 aliphatic rings. The van der Waals surface area contributed by atoms with Crippen LogP contribution in [0.4, 0.5) is 9.18 Å². The molecular weight excluding hydrogens is 265 g/mol. The van der Waals surface area contributed by atoms with E-state index in [-0.39, 0.29) is 23.0 Å². The minimum atomic E-state index is -0.983. The van der Waals surface area contributed by atoms with Gasteiger partial charge in [0.25, 0.3) is 0 Å². The Morgan fingerprint density at radius 1 is 1.35 bits per heavy atom. The Labute approximate surface area is 116 Å². The lowest BCUT2D eigenvalue weighted by molar-refractivity contribution is 0.0816. The van der Waals surface area contributed by atoms with Crippen molar-refractivity contribution in [1.82, 2.24) is 4.90 Å². The van der Waals surface area contributed by atoms with Crippen molar-refractivity contribution in [2.24, 2.45) is 5.92 Å². The monoisotopic (exact) mass is 281 g/mol. The summed E-state index contributed by atoms with van der Waals surface area (Å²) in [4.78, 5) is 24.4. The molecule has 0 unspecified atom stereocenters. The van der Waals surface area contributed by atoms with Gasteiger partial charge in [-0.2, -0.15) is 0 Å². The smallest absolute Gasteiger partial charge is 0.407 e. The molecule has 0 bridgehead atoms. The molecule has 0 spiro atoms. The second kappa shape index (κ2) is 5.90. The molecule has 1 aromatic rings. The summed E-state index contributed by atoms with van der Waals surface area (Å²) >= 11 is 0. The number of Topliss-reactive ketones (excluding diaryl/α,β-unsaturated/α-hetero) is 1. The molecule has 0 aromatic heterocycles. The number of hydrogen-bond donors (Lipinski definition) is 1. The summed E-state index contributed by atoms with van der Waals surface area (Å²) in [6.45, 7) is 0.606. The highest BCUT2D eigenvalue weighted by molar-refractivity contribution is 5.98. The van der Waals surface area contributed by atoms with E-state index in [0.29, 0.717) is 25.9 Å².